The van der Waals surface area contributed by atoms with E-state index in [-0.39, 0.29) is 5.91 Å². The molecule has 166 valence electrons. The highest BCUT2D eigenvalue weighted by molar-refractivity contribution is 6.00. The van der Waals surface area contributed by atoms with Crippen LogP contribution in [0.15, 0.2) is 91.4 Å². The van der Waals surface area contributed by atoms with Gasteiger partial charge in [-0.25, -0.2) is 4.68 Å². The van der Waals surface area contributed by atoms with Gasteiger partial charge in [0, 0.05) is 37.2 Å². The molecule has 0 spiro atoms. The zero-order valence-corrected chi connectivity index (χ0v) is 18.4. The second-order valence-electron chi connectivity index (χ2n) is 8.27. The van der Waals surface area contributed by atoms with Gasteiger partial charge in [-0.15, -0.1) is 0 Å². The van der Waals surface area contributed by atoms with E-state index in [1.54, 1.807) is 17.1 Å². The van der Waals surface area contributed by atoms with Crippen molar-refractivity contribution in [3.05, 3.63) is 97.0 Å². The zero-order chi connectivity index (χ0) is 22.5. The third-order valence-corrected chi connectivity index (χ3v) is 6.03. The van der Waals surface area contributed by atoms with Gasteiger partial charge >= 0.3 is 0 Å². The highest BCUT2D eigenvalue weighted by Crippen LogP contribution is 2.27. The van der Waals surface area contributed by atoms with Gasteiger partial charge in [-0.1, -0.05) is 36.4 Å². The van der Waals surface area contributed by atoms with Gasteiger partial charge in [0.15, 0.2) is 0 Å². The Morgan fingerprint density at radius 1 is 0.939 bits per heavy atom. The van der Waals surface area contributed by atoms with E-state index in [2.05, 4.69) is 4.98 Å². The summed E-state index contributed by atoms with van der Waals surface area (Å²) in [5.74, 6) is 1.35. The average molecular weight is 439 g/mol. The van der Waals surface area contributed by atoms with E-state index < -0.39 is 0 Å². The molecule has 0 N–H and O–H groups in total. The Morgan fingerprint density at radius 2 is 1.67 bits per heavy atom. The monoisotopic (exact) mass is 438 g/mol. The molecule has 3 heterocycles. The van der Waals surface area contributed by atoms with Crippen LogP contribution in [0.5, 0.6) is 5.75 Å². The van der Waals surface area contributed by atoms with Gasteiger partial charge in [0.25, 0.3) is 5.91 Å². The summed E-state index contributed by atoms with van der Waals surface area (Å²) >= 11 is 0. The van der Waals surface area contributed by atoms with Crippen LogP contribution in [0.4, 0.5) is 0 Å². The maximum Gasteiger partial charge on any atom is 0.257 e. The minimum Gasteiger partial charge on any atom is -0.493 e. The number of rotatable bonds is 6. The molecule has 1 aliphatic heterocycles. The first-order valence-corrected chi connectivity index (χ1v) is 11.3. The molecule has 0 saturated carbocycles. The third kappa shape index (κ3) is 4.80. The predicted molar refractivity (Wildman–Crippen MR) is 127 cm³/mol. The van der Waals surface area contributed by atoms with Crippen LogP contribution < -0.4 is 4.74 Å². The van der Waals surface area contributed by atoms with Crippen molar-refractivity contribution in [2.45, 2.75) is 12.8 Å². The number of hydrogen-bond acceptors (Lipinski definition) is 4. The van der Waals surface area contributed by atoms with Gasteiger partial charge in [0.05, 0.1) is 17.9 Å². The summed E-state index contributed by atoms with van der Waals surface area (Å²) in [6.45, 7) is 2.11. The maximum atomic E-state index is 13.5. The molecule has 2 aromatic heterocycles. The number of benzene rings is 2. The Labute approximate surface area is 193 Å². The van der Waals surface area contributed by atoms with E-state index in [0.717, 1.165) is 29.8 Å². The molecule has 0 unspecified atom stereocenters. The number of nitrogens with zero attached hydrogens (tertiary/aromatic N) is 4. The van der Waals surface area contributed by atoms with Gasteiger partial charge in [0.1, 0.15) is 11.4 Å². The largest absolute Gasteiger partial charge is 0.493 e. The maximum absolute atomic E-state index is 13.5. The van der Waals surface area contributed by atoms with Crippen LogP contribution in [-0.2, 0) is 0 Å². The number of carbonyl (C=O) groups excluding carboxylic acids is 1. The zero-order valence-electron chi connectivity index (χ0n) is 18.4. The second kappa shape index (κ2) is 9.69. The van der Waals surface area contributed by atoms with Crippen molar-refractivity contribution in [3.8, 4) is 22.7 Å². The number of amides is 1. The quantitative estimate of drug-likeness (QED) is 0.431. The van der Waals surface area contributed by atoms with Crippen molar-refractivity contribution < 1.29 is 9.53 Å². The Kier molecular flexibility index (Phi) is 6.15. The van der Waals surface area contributed by atoms with E-state index in [9.17, 15) is 4.79 Å². The topological polar surface area (TPSA) is 60.2 Å². The number of piperidine rings is 1. The lowest BCUT2D eigenvalue weighted by atomic mass is 9.97. The molecule has 2 aromatic carbocycles. The van der Waals surface area contributed by atoms with Gasteiger partial charge in [-0.2, -0.15) is 5.10 Å². The number of hydrogen-bond donors (Lipinski definition) is 0. The standard InChI is InChI=1S/C27H26N4O2/c32-27(30-16-13-21(14-17-30)20-33-24-11-5-2-6-12-24)25-19-31(23-9-3-1-4-10-23)29-26(25)22-8-7-15-28-18-22/h1-12,15,18-19,21H,13-14,16-17,20H2. The Balaban J connectivity index is 1.31. The number of pyridine rings is 1. The first kappa shape index (κ1) is 20.9. The molecule has 6 nitrogen and oxygen atoms in total. The minimum atomic E-state index is 0.0125. The average Bonchev–Trinajstić information content (AvgIpc) is 3.35. The van der Waals surface area contributed by atoms with E-state index in [4.69, 9.17) is 9.84 Å². The summed E-state index contributed by atoms with van der Waals surface area (Å²) in [7, 11) is 0. The number of para-hydroxylation sites is 2. The minimum absolute atomic E-state index is 0.0125. The van der Waals surface area contributed by atoms with E-state index >= 15 is 0 Å². The summed E-state index contributed by atoms with van der Waals surface area (Å²) in [6.07, 6.45) is 7.16. The number of likely N-dealkylation sites (tertiary alicyclic amines) is 1. The molecule has 1 aliphatic rings. The Morgan fingerprint density at radius 3 is 2.36 bits per heavy atom. The van der Waals surface area contributed by atoms with Gasteiger partial charge in [0.2, 0.25) is 0 Å². The summed E-state index contributed by atoms with van der Waals surface area (Å²) in [4.78, 5) is 19.7. The predicted octanol–water partition coefficient (Wildman–Crippen LogP) is 4.87. The third-order valence-electron chi connectivity index (χ3n) is 6.03. The molecule has 0 aliphatic carbocycles. The van der Waals surface area contributed by atoms with Crippen molar-refractivity contribution >= 4 is 5.91 Å². The van der Waals surface area contributed by atoms with Crippen molar-refractivity contribution in [1.82, 2.24) is 19.7 Å². The van der Waals surface area contributed by atoms with Crippen molar-refractivity contribution in [3.63, 3.8) is 0 Å². The molecule has 33 heavy (non-hydrogen) atoms. The Hall–Kier alpha value is -3.93. The van der Waals surface area contributed by atoms with E-state index in [1.807, 2.05) is 83.9 Å². The molecule has 1 fully saturated rings. The lowest BCUT2D eigenvalue weighted by Gasteiger charge is -2.31. The number of aromatic nitrogens is 3. The SMILES string of the molecule is O=C(c1cn(-c2ccccc2)nc1-c1cccnc1)N1CCC(COc2ccccc2)CC1. The Bertz CT molecular complexity index is 1180. The fourth-order valence-electron chi connectivity index (χ4n) is 4.16. The van der Waals surface area contributed by atoms with Crippen LogP contribution >= 0.6 is 0 Å². The van der Waals surface area contributed by atoms with Gasteiger partial charge in [-0.05, 0) is 55.2 Å². The lowest BCUT2D eigenvalue weighted by molar-refractivity contribution is 0.0662. The molecule has 0 atom stereocenters. The summed E-state index contributed by atoms with van der Waals surface area (Å²) in [5.41, 5.74) is 3.01. The molecule has 0 radical (unpaired) electrons. The molecule has 1 saturated heterocycles. The highest BCUT2D eigenvalue weighted by Gasteiger charge is 2.27. The van der Waals surface area contributed by atoms with Crippen LogP contribution in [0.25, 0.3) is 16.9 Å². The van der Waals surface area contributed by atoms with Gasteiger partial charge in [-0.3, -0.25) is 9.78 Å². The van der Waals surface area contributed by atoms with Crippen LogP contribution in [0.3, 0.4) is 0 Å². The fraction of sp³-hybridized carbons (Fsp3) is 0.222. The van der Waals surface area contributed by atoms with Crippen LogP contribution in [0.1, 0.15) is 23.2 Å². The first-order valence-electron chi connectivity index (χ1n) is 11.3. The van der Waals surface area contributed by atoms with Crippen molar-refractivity contribution in [2.24, 2.45) is 5.92 Å². The molecule has 1 amide bonds. The van der Waals surface area contributed by atoms with Crippen molar-refractivity contribution in [2.75, 3.05) is 19.7 Å². The summed E-state index contributed by atoms with van der Waals surface area (Å²) in [6, 6.07) is 23.5. The molecule has 5 rings (SSSR count). The molecule has 0 bridgehead atoms. The second-order valence-corrected chi connectivity index (χ2v) is 8.27. The molecule has 6 heteroatoms. The number of ether oxygens (including phenoxy) is 1. The fourth-order valence-corrected chi connectivity index (χ4v) is 4.16. The van der Waals surface area contributed by atoms with Crippen LogP contribution in [0.2, 0.25) is 0 Å². The molecular formula is C27H26N4O2. The van der Waals surface area contributed by atoms with Crippen molar-refractivity contribution in [1.29, 1.82) is 0 Å². The smallest absolute Gasteiger partial charge is 0.257 e. The highest BCUT2D eigenvalue weighted by atomic mass is 16.5. The summed E-state index contributed by atoms with van der Waals surface area (Å²) in [5, 5.41) is 4.75. The normalized spacial score (nSPS) is 14.2. The number of carbonyl (C=O) groups is 1. The molecule has 4 aromatic rings. The first-order chi connectivity index (χ1) is 16.3. The summed E-state index contributed by atoms with van der Waals surface area (Å²) < 4.78 is 7.71. The van der Waals surface area contributed by atoms with Gasteiger partial charge < -0.3 is 9.64 Å². The van der Waals surface area contributed by atoms with Crippen LogP contribution in [-0.4, -0.2) is 45.3 Å². The van der Waals surface area contributed by atoms with E-state index in [1.165, 1.54) is 0 Å². The van der Waals surface area contributed by atoms with Crippen LogP contribution in [0, 0.1) is 5.92 Å². The molecular weight excluding hydrogens is 412 g/mol. The van der Waals surface area contributed by atoms with E-state index in [0.29, 0.717) is 36.9 Å². The lowest BCUT2D eigenvalue weighted by Crippen LogP contribution is -2.39.